The van der Waals surface area contributed by atoms with E-state index in [1.54, 1.807) is 25.1 Å². The molecule has 0 amide bonds. The Morgan fingerprint density at radius 1 is 1.33 bits per heavy atom. The molecule has 2 N–H and O–H groups in total. The molecule has 0 aliphatic rings. The zero-order valence-corrected chi connectivity index (χ0v) is 13.3. The summed E-state index contributed by atoms with van der Waals surface area (Å²) in [4.78, 5) is 10.8. The average Bonchev–Trinajstić information content (AvgIpc) is 2.41. The molecule has 0 aromatic heterocycles. The fourth-order valence-electron chi connectivity index (χ4n) is 2.04. The van der Waals surface area contributed by atoms with Crippen molar-refractivity contribution in [1.29, 1.82) is 0 Å². The van der Waals surface area contributed by atoms with Gasteiger partial charge < -0.3 is 10.5 Å². The van der Waals surface area contributed by atoms with E-state index in [0.717, 1.165) is 5.56 Å². The van der Waals surface area contributed by atoms with E-state index in [1.165, 1.54) is 6.07 Å². The number of hydrogen-bond donors (Lipinski definition) is 1. The van der Waals surface area contributed by atoms with E-state index in [4.69, 9.17) is 10.5 Å². The van der Waals surface area contributed by atoms with Gasteiger partial charge in [0.15, 0.2) is 0 Å². The van der Waals surface area contributed by atoms with Crippen LogP contribution in [-0.2, 0) is 0 Å². The lowest BCUT2D eigenvalue weighted by atomic mass is 10.1. The molecule has 0 aliphatic heterocycles. The minimum atomic E-state index is -0.457. The van der Waals surface area contributed by atoms with Gasteiger partial charge in [-0.1, -0.05) is 34.1 Å². The Kier molecular flexibility index (Phi) is 4.59. The van der Waals surface area contributed by atoms with Gasteiger partial charge in [0.1, 0.15) is 5.75 Å². The SMILES string of the molecule is Cc1cc(Br)cc([N+](=O)[O-])c1Oc1ccccc1[C@@H](C)N. The Balaban J connectivity index is 2.52. The minimum Gasteiger partial charge on any atom is -0.449 e. The van der Waals surface area contributed by atoms with Crippen LogP contribution >= 0.6 is 15.9 Å². The largest absolute Gasteiger partial charge is 0.449 e. The first kappa shape index (κ1) is 15.5. The molecule has 5 nitrogen and oxygen atoms in total. The molecular weight excluding hydrogens is 336 g/mol. The Bertz CT molecular complexity index is 687. The van der Waals surface area contributed by atoms with Crippen LogP contribution in [0.1, 0.15) is 24.1 Å². The smallest absolute Gasteiger partial charge is 0.312 e. The van der Waals surface area contributed by atoms with Crippen molar-refractivity contribution in [1.82, 2.24) is 0 Å². The molecule has 0 heterocycles. The second-order valence-electron chi connectivity index (χ2n) is 4.76. The van der Waals surface area contributed by atoms with Crippen LogP contribution in [0.2, 0.25) is 0 Å². The number of ether oxygens (including phenoxy) is 1. The molecule has 6 heteroatoms. The number of para-hydroxylation sites is 1. The number of benzene rings is 2. The van der Waals surface area contributed by atoms with E-state index in [2.05, 4.69) is 15.9 Å². The molecule has 2 aromatic rings. The fraction of sp³-hybridized carbons (Fsp3) is 0.200. The Morgan fingerprint density at radius 2 is 2.00 bits per heavy atom. The van der Waals surface area contributed by atoms with Crippen molar-refractivity contribution in [2.45, 2.75) is 19.9 Å². The third kappa shape index (κ3) is 3.40. The van der Waals surface area contributed by atoms with Gasteiger partial charge in [-0.15, -0.1) is 0 Å². The van der Waals surface area contributed by atoms with Gasteiger partial charge in [-0.2, -0.15) is 0 Å². The lowest BCUT2D eigenvalue weighted by Crippen LogP contribution is -2.07. The Labute approximate surface area is 131 Å². The van der Waals surface area contributed by atoms with Crippen molar-refractivity contribution < 1.29 is 9.66 Å². The number of hydrogen-bond acceptors (Lipinski definition) is 4. The molecule has 0 saturated carbocycles. The van der Waals surface area contributed by atoms with Crippen LogP contribution < -0.4 is 10.5 Å². The molecule has 21 heavy (non-hydrogen) atoms. The third-order valence-electron chi connectivity index (χ3n) is 3.04. The van der Waals surface area contributed by atoms with Crippen LogP contribution in [0.3, 0.4) is 0 Å². The first-order valence-electron chi connectivity index (χ1n) is 6.37. The first-order valence-corrected chi connectivity index (χ1v) is 7.16. The van der Waals surface area contributed by atoms with Crippen LogP contribution in [0.5, 0.6) is 11.5 Å². The summed E-state index contributed by atoms with van der Waals surface area (Å²) in [7, 11) is 0. The normalized spacial score (nSPS) is 12.0. The van der Waals surface area contributed by atoms with Crippen molar-refractivity contribution in [2.75, 3.05) is 0 Å². The summed E-state index contributed by atoms with van der Waals surface area (Å²) in [5, 5.41) is 11.2. The maximum atomic E-state index is 11.2. The second-order valence-corrected chi connectivity index (χ2v) is 5.67. The highest BCUT2D eigenvalue weighted by molar-refractivity contribution is 9.10. The molecule has 2 aromatic carbocycles. The number of nitrogens with two attached hydrogens (primary N) is 1. The van der Waals surface area contributed by atoms with Crippen molar-refractivity contribution in [3.8, 4) is 11.5 Å². The lowest BCUT2D eigenvalue weighted by Gasteiger charge is -2.15. The molecular formula is C15H15BrN2O3. The Morgan fingerprint density at radius 3 is 2.62 bits per heavy atom. The predicted molar refractivity (Wildman–Crippen MR) is 84.7 cm³/mol. The van der Waals surface area contributed by atoms with E-state index >= 15 is 0 Å². The van der Waals surface area contributed by atoms with Gasteiger partial charge in [0.05, 0.1) is 4.92 Å². The van der Waals surface area contributed by atoms with Crippen molar-refractivity contribution >= 4 is 21.6 Å². The summed E-state index contributed by atoms with van der Waals surface area (Å²) in [5.41, 5.74) is 7.30. The summed E-state index contributed by atoms with van der Waals surface area (Å²) < 4.78 is 6.44. The molecule has 2 rings (SSSR count). The summed E-state index contributed by atoms with van der Waals surface area (Å²) in [6, 6.07) is 10.2. The van der Waals surface area contributed by atoms with E-state index < -0.39 is 4.92 Å². The van der Waals surface area contributed by atoms with Gasteiger partial charge in [-0.05, 0) is 31.5 Å². The molecule has 0 spiro atoms. The number of aryl methyl sites for hydroxylation is 1. The van der Waals surface area contributed by atoms with Crippen LogP contribution in [0, 0.1) is 17.0 Å². The van der Waals surface area contributed by atoms with Crippen LogP contribution in [0.4, 0.5) is 5.69 Å². The monoisotopic (exact) mass is 350 g/mol. The van der Waals surface area contributed by atoms with Gasteiger partial charge in [0.2, 0.25) is 5.75 Å². The molecule has 110 valence electrons. The molecule has 0 fully saturated rings. The predicted octanol–water partition coefficient (Wildman–Crippen LogP) is 4.48. The fourth-order valence-corrected chi connectivity index (χ4v) is 2.60. The minimum absolute atomic E-state index is 0.0821. The standard InChI is InChI=1S/C15H15BrN2O3/c1-9-7-11(16)8-13(18(19)20)15(9)21-14-6-4-3-5-12(14)10(2)17/h3-8,10H,17H2,1-2H3/t10-/m1/s1. The van der Waals surface area contributed by atoms with Gasteiger partial charge >= 0.3 is 5.69 Å². The first-order chi connectivity index (χ1) is 9.90. The van der Waals surface area contributed by atoms with Crippen LogP contribution in [0.25, 0.3) is 0 Å². The lowest BCUT2D eigenvalue weighted by molar-refractivity contribution is -0.385. The quantitative estimate of drug-likeness (QED) is 0.651. The summed E-state index contributed by atoms with van der Waals surface area (Å²) in [6.07, 6.45) is 0. The zero-order chi connectivity index (χ0) is 15.6. The van der Waals surface area contributed by atoms with Gasteiger partial charge in [-0.25, -0.2) is 0 Å². The number of nitrogens with zero attached hydrogens (tertiary/aromatic N) is 1. The highest BCUT2D eigenvalue weighted by atomic mass is 79.9. The molecule has 0 unspecified atom stereocenters. The van der Waals surface area contributed by atoms with Crippen molar-refractivity contribution in [3.05, 3.63) is 62.1 Å². The van der Waals surface area contributed by atoms with Crippen molar-refractivity contribution in [2.24, 2.45) is 5.73 Å². The number of nitro groups is 1. The van der Waals surface area contributed by atoms with Crippen LogP contribution in [0.15, 0.2) is 40.9 Å². The molecule has 1 atom stereocenters. The van der Waals surface area contributed by atoms with Crippen molar-refractivity contribution in [3.63, 3.8) is 0 Å². The number of halogens is 1. The highest BCUT2D eigenvalue weighted by Crippen LogP contribution is 2.38. The average molecular weight is 351 g/mol. The van der Waals surface area contributed by atoms with Gasteiger partial charge in [0, 0.05) is 22.1 Å². The van der Waals surface area contributed by atoms with E-state index in [-0.39, 0.29) is 17.5 Å². The van der Waals surface area contributed by atoms with Crippen LogP contribution in [-0.4, -0.2) is 4.92 Å². The maximum Gasteiger partial charge on any atom is 0.312 e. The van der Waals surface area contributed by atoms with Gasteiger partial charge in [0.25, 0.3) is 0 Å². The molecule has 0 saturated heterocycles. The number of nitro benzene ring substituents is 1. The summed E-state index contributed by atoms with van der Waals surface area (Å²) in [6.45, 7) is 3.60. The van der Waals surface area contributed by atoms with E-state index in [0.29, 0.717) is 15.8 Å². The third-order valence-corrected chi connectivity index (χ3v) is 3.50. The number of rotatable bonds is 4. The molecule has 0 aliphatic carbocycles. The molecule has 0 radical (unpaired) electrons. The van der Waals surface area contributed by atoms with E-state index in [9.17, 15) is 10.1 Å². The molecule has 0 bridgehead atoms. The van der Waals surface area contributed by atoms with Gasteiger partial charge in [-0.3, -0.25) is 10.1 Å². The highest BCUT2D eigenvalue weighted by Gasteiger charge is 2.21. The second kappa shape index (κ2) is 6.24. The summed E-state index contributed by atoms with van der Waals surface area (Å²) in [5.74, 6) is 0.761. The Hall–Kier alpha value is -1.92. The zero-order valence-electron chi connectivity index (χ0n) is 11.7. The summed E-state index contributed by atoms with van der Waals surface area (Å²) >= 11 is 3.26. The van der Waals surface area contributed by atoms with E-state index in [1.807, 2.05) is 19.1 Å². The topological polar surface area (TPSA) is 78.4 Å². The maximum absolute atomic E-state index is 11.2.